The molecule has 0 aliphatic carbocycles. The highest BCUT2D eigenvalue weighted by Gasteiger charge is 2.31. The summed E-state index contributed by atoms with van der Waals surface area (Å²) in [4.78, 5) is 24.7. The lowest BCUT2D eigenvalue weighted by Gasteiger charge is -2.20. The van der Waals surface area contributed by atoms with E-state index in [9.17, 15) is 9.59 Å². The van der Waals surface area contributed by atoms with Crippen molar-refractivity contribution in [3.8, 4) is 0 Å². The van der Waals surface area contributed by atoms with Crippen LogP contribution in [0.4, 0.5) is 5.69 Å². The SMILES string of the molecule is Cc1cc(Cl)ccc1NC(=O)CN1CCC[C@H]1C(=O)O. The van der Waals surface area contributed by atoms with E-state index in [1.165, 1.54) is 0 Å². The predicted molar refractivity (Wildman–Crippen MR) is 77.0 cm³/mol. The fraction of sp³-hybridized carbons (Fsp3) is 0.429. The number of nitrogens with one attached hydrogen (secondary N) is 1. The third-order valence-corrected chi connectivity index (χ3v) is 3.69. The molecule has 0 spiro atoms. The summed E-state index contributed by atoms with van der Waals surface area (Å²) in [5.74, 6) is -1.07. The van der Waals surface area contributed by atoms with Crippen LogP contribution in [0.1, 0.15) is 18.4 Å². The van der Waals surface area contributed by atoms with E-state index in [4.69, 9.17) is 16.7 Å². The summed E-state index contributed by atoms with van der Waals surface area (Å²) < 4.78 is 0. The van der Waals surface area contributed by atoms with Crippen molar-refractivity contribution in [2.24, 2.45) is 0 Å². The molecule has 1 atom stereocenters. The molecule has 1 aliphatic heterocycles. The number of hydrogen-bond donors (Lipinski definition) is 2. The number of aryl methyl sites for hydroxylation is 1. The molecule has 1 aromatic carbocycles. The van der Waals surface area contributed by atoms with E-state index in [1.54, 1.807) is 23.1 Å². The summed E-state index contributed by atoms with van der Waals surface area (Å²) in [6, 6.07) is 4.67. The quantitative estimate of drug-likeness (QED) is 0.893. The van der Waals surface area contributed by atoms with Gasteiger partial charge in [-0.25, -0.2) is 0 Å². The van der Waals surface area contributed by atoms with E-state index in [-0.39, 0.29) is 12.5 Å². The summed E-state index contributed by atoms with van der Waals surface area (Å²) in [6.45, 7) is 2.60. The molecule has 2 rings (SSSR count). The van der Waals surface area contributed by atoms with Crippen molar-refractivity contribution in [1.82, 2.24) is 4.90 Å². The molecule has 1 amide bonds. The van der Waals surface area contributed by atoms with Crippen molar-refractivity contribution in [3.05, 3.63) is 28.8 Å². The van der Waals surface area contributed by atoms with Crippen LogP contribution in [0.25, 0.3) is 0 Å². The van der Waals surface area contributed by atoms with Gasteiger partial charge in [0.15, 0.2) is 0 Å². The van der Waals surface area contributed by atoms with Crippen LogP contribution in [0.3, 0.4) is 0 Å². The first kappa shape index (κ1) is 14.8. The number of halogens is 1. The van der Waals surface area contributed by atoms with Crippen LogP contribution in [0.15, 0.2) is 18.2 Å². The Labute approximate surface area is 122 Å². The van der Waals surface area contributed by atoms with E-state index >= 15 is 0 Å². The zero-order chi connectivity index (χ0) is 14.7. The standard InChI is InChI=1S/C14H17ClN2O3/c1-9-7-10(15)4-5-11(9)16-13(18)8-17-6-2-3-12(17)14(19)20/h4-5,7,12H,2-3,6,8H2,1H3,(H,16,18)(H,19,20)/t12-/m0/s1. The maximum absolute atomic E-state index is 12.0. The maximum Gasteiger partial charge on any atom is 0.320 e. The third kappa shape index (κ3) is 3.49. The number of amides is 1. The van der Waals surface area contributed by atoms with Crippen LogP contribution in [0.2, 0.25) is 5.02 Å². The lowest BCUT2D eigenvalue weighted by molar-refractivity contribution is -0.142. The number of aliphatic carboxylic acids is 1. The van der Waals surface area contributed by atoms with Crippen LogP contribution in [-0.4, -0.2) is 41.0 Å². The molecule has 1 aromatic rings. The second-order valence-corrected chi connectivity index (χ2v) is 5.41. The first-order chi connectivity index (χ1) is 9.47. The van der Waals surface area contributed by atoms with Gasteiger partial charge in [0, 0.05) is 10.7 Å². The Hall–Kier alpha value is -1.59. The van der Waals surface area contributed by atoms with Crippen LogP contribution in [0.5, 0.6) is 0 Å². The van der Waals surface area contributed by atoms with E-state index in [2.05, 4.69) is 5.32 Å². The summed E-state index contributed by atoms with van der Waals surface area (Å²) in [7, 11) is 0. The number of carbonyl (C=O) groups excluding carboxylic acids is 1. The highest BCUT2D eigenvalue weighted by atomic mass is 35.5. The first-order valence-electron chi connectivity index (χ1n) is 6.50. The Balaban J connectivity index is 1.97. The van der Waals surface area contributed by atoms with Crippen LogP contribution in [0, 0.1) is 6.92 Å². The smallest absolute Gasteiger partial charge is 0.320 e. The topological polar surface area (TPSA) is 69.6 Å². The molecule has 6 heteroatoms. The molecule has 20 heavy (non-hydrogen) atoms. The number of carboxylic acids is 1. The molecule has 108 valence electrons. The Bertz CT molecular complexity index is 533. The minimum Gasteiger partial charge on any atom is -0.480 e. The average molecular weight is 297 g/mol. The Morgan fingerprint density at radius 3 is 2.90 bits per heavy atom. The van der Waals surface area contributed by atoms with Crippen LogP contribution >= 0.6 is 11.6 Å². The van der Waals surface area contributed by atoms with E-state index in [0.717, 1.165) is 12.0 Å². The molecule has 1 fully saturated rings. The van der Waals surface area contributed by atoms with Gasteiger partial charge >= 0.3 is 5.97 Å². The summed E-state index contributed by atoms with van der Waals surface area (Å²) in [5, 5.41) is 12.5. The van der Waals surface area contributed by atoms with Crippen molar-refractivity contribution in [1.29, 1.82) is 0 Å². The number of likely N-dealkylation sites (tertiary alicyclic amines) is 1. The lowest BCUT2D eigenvalue weighted by Crippen LogP contribution is -2.40. The molecule has 5 nitrogen and oxygen atoms in total. The third-order valence-electron chi connectivity index (χ3n) is 3.46. The van der Waals surface area contributed by atoms with Gasteiger partial charge in [-0.15, -0.1) is 0 Å². The molecule has 1 aliphatic rings. The maximum atomic E-state index is 12.0. The molecule has 2 N–H and O–H groups in total. The molecule has 1 saturated heterocycles. The van der Waals surface area contributed by atoms with E-state index in [0.29, 0.717) is 23.7 Å². The number of benzene rings is 1. The van der Waals surface area contributed by atoms with Gasteiger partial charge in [-0.05, 0) is 50.1 Å². The Morgan fingerprint density at radius 2 is 2.25 bits per heavy atom. The zero-order valence-electron chi connectivity index (χ0n) is 11.2. The van der Waals surface area contributed by atoms with Crippen molar-refractivity contribution in [3.63, 3.8) is 0 Å². The summed E-state index contributed by atoms with van der Waals surface area (Å²) in [5.41, 5.74) is 1.58. The van der Waals surface area contributed by atoms with Gasteiger partial charge < -0.3 is 10.4 Å². The highest BCUT2D eigenvalue weighted by Crippen LogP contribution is 2.20. The van der Waals surface area contributed by atoms with Crippen molar-refractivity contribution < 1.29 is 14.7 Å². The van der Waals surface area contributed by atoms with Crippen molar-refractivity contribution in [2.45, 2.75) is 25.8 Å². The minimum absolute atomic E-state index is 0.0963. The monoisotopic (exact) mass is 296 g/mol. The molecule has 0 radical (unpaired) electrons. The Morgan fingerprint density at radius 1 is 1.50 bits per heavy atom. The number of nitrogens with zero attached hydrogens (tertiary/aromatic N) is 1. The Kier molecular flexibility index (Phi) is 4.62. The minimum atomic E-state index is -0.863. The molecule has 0 unspecified atom stereocenters. The van der Waals surface area contributed by atoms with Gasteiger partial charge in [-0.1, -0.05) is 11.6 Å². The van der Waals surface area contributed by atoms with Gasteiger partial charge in [0.25, 0.3) is 0 Å². The molecule has 1 heterocycles. The van der Waals surface area contributed by atoms with Crippen molar-refractivity contribution >= 4 is 29.2 Å². The largest absolute Gasteiger partial charge is 0.480 e. The van der Waals surface area contributed by atoms with Crippen molar-refractivity contribution in [2.75, 3.05) is 18.4 Å². The second-order valence-electron chi connectivity index (χ2n) is 4.97. The fourth-order valence-electron chi connectivity index (χ4n) is 2.44. The van der Waals surface area contributed by atoms with E-state index in [1.807, 2.05) is 6.92 Å². The second kappa shape index (κ2) is 6.24. The van der Waals surface area contributed by atoms with Gasteiger partial charge in [0.05, 0.1) is 6.54 Å². The normalized spacial score (nSPS) is 19.0. The molecule has 0 aromatic heterocycles. The predicted octanol–water partition coefficient (Wildman–Crippen LogP) is 2.14. The van der Waals surface area contributed by atoms with Crippen LogP contribution in [-0.2, 0) is 9.59 Å². The number of carbonyl (C=O) groups is 2. The number of hydrogen-bond acceptors (Lipinski definition) is 3. The molecular weight excluding hydrogens is 280 g/mol. The fourth-order valence-corrected chi connectivity index (χ4v) is 2.66. The molecule has 0 saturated carbocycles. The van der Waals surface area contributed by atoms with Gasteiger partial charge in [-0.3, -0.25) is 14.5 Å². The summed E-state index contributed by atoms with van der Waals surface area (Å²) >= 11 is 5.86. The number of anilines is 1. The number of carboxylic acid groups (broad SMARTS) is 1. The first-order valence-corrected chi connectivity index (χ1v) is 6.88. The van der Waals surface area contributed by atoms with E-state index < -0.39 is 12.0 Å². The molecule has 0 bridgehead atoms. The van der Waals surface area contributed by atoms with Crippen LogP contribution < -0.4 is 5.32 Å². The van der Waals surface area contributed by atoms with Gasteiger partial charge in [0.1, 0.15) is 6.04 Å². The number of rotatable bonds is 4. The highest BCUT2D eigenvalue weighted by molar-refractivity contribution is 6.30. The van der Waals surface area contributed by atoms with Gasteiger partial charge in [-0.2, -0.15) is 0 Å². The van der Waals surface area contributed by atoms with Gasteiger partial charge in [0.2, 0.25) is 5.91 Å². The summed E-state index contributed by atoms with van der Waals surface area (Å²) in [6.07, 6.45) is 1.41. The zero-order valence-corrected chi connectivity index (χ0v) is 12.0. The molecular formula is C14H17ClN2O3. The lowest BCUT2D eigenvalue weighted by atomic mass is 10.2. The average Bonchev–Trinajstić information content (AvgIpc) is 2.81.